The Hall–Kier alpha value is -4.65. The number of carbonyl (C=O) groups excluding carboxylic acids is 1. The summed E-state index contributed by atoms with van der Waals surface area (Å²) in [5, 5.41) is 3.24. The Bertz CT molecular complexity index is 1480. The summed E-state index contributed by atoms with van der Waals surface area (Å²) < 4.78 is 7.03. The van der Waals surface area contributed by atoms with Crippen LogP contribution in [0.2, 0.25) is 0 Å². The molecule has 2 heterocycles. The highest BCUT2D eigenvalue weighted by molar-refractivity contribution is 5.81. The van der Waals surface area contributed by atoms with Gasteiger partial charge in [-0.2, -0.15) is 4.52 Å². The molecule has 37 heavy (non-hydrogen) atoms. The molecule has 0 aliphatic carbocycles. The van der Waals surface area contributed by atoms with Gasteiger partial charge in [-0.25, -0.2) is 4.98 Å². The molecule has 0 saturated heterocycles. The monoisotopic (exact) mass is 496 g/mol. The predicted octanol–water partition coefficient (Wildman–Crippen LogP) is 5.37. The summed E-state index contributed by atoms with van der Waals surface area (Å²) in [5.41, 5.74) is 4.64. The van der Waals surface area contributed by atoms with Crippen molar-refractivity contribution >= 4 is 23.2 Å². The molecular weight excluding hydrogens is 464 g/mol. The Kier molecular flexibility index (Phi) is 9.00. The summed E-state index contributed by atoms with van der Waals surface area (Å²) in [4.78, 5) is 31.7. The molecule has 1 amide bonds. The quantitative estimate of drug-likeness (QED) is 0.383. The van der Waals surface area contributed by atoms with Crippen LogP contribution < -0.4 is 10.3 Å². The van der Waals surface area contributed by atoms with E-state index in [0.29, 0.717) is 28.2 Å². The first-order chi connectivity index (χ1) is 17.8. The maximum absolute atomic E-state index is 13.7. The molecule has 1 aromatic carbocycles. The number of nitrogens with one attached hydrogen (secondary N) is 1. The van der Waals surface area contributed by atoms with Crippen molar-refractivity contribution < 1.29 is 9.53 Å². The number of amides is 1. The lowest BCUT2D eigenvalue weighted by Crippen LogP contribution is -2.27. The van der Waals surface area contributed by atoms with Crippen LogP contribution in [0.15, 0.2) is 90.8 Å². The van der Waals surface area contributed by atoms with E-state index in [1.807, 2.05) is 56.4 Å². The average Bonchev–Trinajstić information content (AvgIpc) is 3.24. The summed E-state index contributed by atoms with van der Waals surface area (Å²) in [6.45, 7) is 11.1. The van der Waals surface area contributed by atoms with Crippen molar-refractivity contribution in [3.05, 3.63) is 113 Å². The predicted molar refractivity (Wildman–Crippen MR) is 152 cm³/mol. The molecule has 7 heteroatoms. The first-order valence-corrected chi connectivity index (χ1v) is 11.8. The van der Waals surface area contributed by atoms with Gasteiger partial charge in [-0.15, -0.1) is 0 Å². The lowest BCUT2D eigenvalue weighted by Gasteiger charge is -2.12. The number of aryl methyl sites for hydroxylation is 1. The Balaban J connectivity index is 2.09. The number of aromatic amines is 1. The molecule has 0 radical (unpaired) electrons. The van der Waals surface area contributed by atoms with Crippen molar-refractivity contribution in [2.24, 2.45) is 0 Å². The van der Waals surface area contributed by atoms with Crippen LogP contribution in [0.5, 0.6) is 5.75 Å². The number of benzene rings is 1. The van der Waals surface area contributed by atoms with E-state index in [-0.39, 0.29) is 18.1 Å². The fourth-order valence-corrected chi connectivity index (χ4v) is 3.63. The lowest BCUT2D eigenvalue weighted by atomic mass is 10.1. The van der Waals surface area contributed by atoms with E-state index >= 15 is 0 Å². The van der Waals surface area contributed by atoms with Gasteiger partial charge in [0.15, 0.2) is 12.3 Å². The molecule has 0 bridgehead atoms. The molecule has 3 aromatic rings. The van der Waals surface area contributed by atoms with E-state index < -0.39 is 0 Å². The second-order valence-electron chi connectivity index (χ2n) is 8.49. The maximum Gasteiger partial charge on any atom is 0.280 e. The number of aromatic nitrogens is 3. The van der Waals surface area contributed by atoms with E-state index in [2.05, 4.69) is 18.3 Å². The fraction of sp³-hybridized carbons (Fsp3) is 0.167. The number of likely N-dealkylation sites (N-methyl/N-ethyl adjacent to an activating group) is 1. The highest BCUT2D eigenvalue weighted by Crippen LogP contribution is 2.26. The van der Waals surface area contributed by atoms with Crippen molar-refractivity contribution in [3.63, 3.8) is 0 Å². The smallest absolute Gasteiger partial charge is 0.280 e. The first-order valence-electron chi connectivity index (χ1n) is 11.8. The number of carbonyl (C=O) groups is 1. The Morgan fingerprint density at radius 2 is 1.76 bits per heavy atom. The number of nitrogens with zero attached hydrogens (tertiary/aromatic N) is 3. The van der Waals surface area contributed by atoms with Crippen LogP contribution in [0, 0.1) is 6.92 Å². The van der Waals surface area contributed by atoms with Crippen LogP contribution >= 0.6 is 0 Å². The van der Waals surface area contributed by atoms with Gasteiger partial charge < -0.3 is 9.64 Å². The van der Waals surface area contributed by atoms with Gasteiger partial charge in [0.1, 0.15) is 5.75 Å². The van der Waals surface area contributed by atoms with Gasteiger partial charge in [0.05, 0.1) is 17.0 Å². The Labute approximate surface area is 217 Å². The van der Waals surface area contributed by atoms with Crippen LogP contribution in [0.25, 0.3) is 28.4 Å². The number of ether oxygens (including phenoxy) is 1. The number of hydrogen-bond acceptors (Lipinski definition) is 4. The highest BCUT2D eigenvalue weighted by Gasteiger charge is 2.18. The summed E-state index contributed by atoms with van der Waals surface area (Å²) in [7, 11) is 3.35. The zero-order chi connectivity index (χ0) is 26.9. The second-order valence-corrected chi connectivity index (χ2v) is 8.49. The van der Waals surface area contributed by atoms with E-state index in [0.717, 1.165) is 16.8 Å². The molecule has 0 aliphatic rings. The standard InChI is InChI=1S/C30H32N4O3/c1-7-9-11-13-15-25-28(21(3)14-12-10-8-2)32-34-29(25)31-22(4)27(30(34)36)23-16-18-24(19-17-23)37-20-26(35)33(5)6/h7-19,32H,1-2,20H2,3-6H3/b11-9-,12-10-,15-13+,21-14+. The summed E-state index contributed by atoms with van der Waals surface area (Å²) in [6, 6.07) is 7.07. The molecule has 190 valence electrons. The summed E-state index contributed by atoms with van der Waals surface area (Å²) in [6.07, 6.45) is 16.6. The van der Waals surface area contributed by atoms with E-state index in [1.165, 1.54) is 9.42 Å². The van der Waals surface area contributed by atoms with Gasteiger partial charge in [-0.05, 0) is 43.2 Å². The molecule has 0 fully saturated rings. The fourth-order valence-electron chi connectivity index (χ4n) is 3.63. The third-order valence-electron chi connectivity index (χ3n) is 5.61. The number of fused-ring (bicyclic) bond motifs is 1. The van der Waals surface area contributed by atoms with Crippen LogP contribution in [-0.2, 0) is 4.79 Å². The zero-order valence-corrected chi connectivity index (χ0v) is 21.7. The third kappa shape index (κ3) is 6.32. The average molecular weight is 497 g/mol. The van der Waals surface area contributed by atoms with Gasteiger partial charge >= 0.3 is 0 Å². The molecule has 1 N–H and O–H groups in total. The SMILES string of the molecule is C=C/C=C\C=C\c1c(/C(C)=C/C=C\C=C)[nH]n2c(=O)c(-c3ccc(OCC(=O)N(C)C)cc3)c(C)nc12. The normalized spacial score (nSPS) is 12.2. The van der Waals surface area contributed by atoms with Crippen molar-refractivity contribution in [1.82, 2.24) is 19.5 Å². The van der Waals surface area contributed by atoms with Crippen LogP contribution in [0.3, 0.4) is 0 Å². The maximum atomic E-state index is 13.7. The molecule has 3 rings (SSSR count). The van der Waals surface area contributed by atoms with Crippen LogP contribution in [0.4, 0.5) is 0 Å². The summed E-state index contributed by atoms with van der Waals surface area (Å²) in [5.74, 6) is 0.408. The number of rotatable bonds is 10. The Morgan fingerprint density at radius 3 is 2.41 bits per heavy atom. The van der Waals surface area contributed by atoms with E-state index in [1.54, 1.807) is 50.5 Å². The Morgan fingerprint density at radius 1 is 1.08 bits per heavy atom. The third-order valence-corrected chi connectivity index (χ3v) is 5.61. The van der Waals surface area contributed by atoms with Crippen molar-refractivity contribution in [1.29, 1.82) is 0 Å². The van der Waals surface area contributed by atoms with Crippen LogP contribution in [0.1, 0.15) is 23.9 Å². The van der Waals surface area contributed by atoms with Gasteiger partial charge in [0.25, 0.3) is 11.5 Å². The molecule has 0 spiro atoms. The van der Waals surface area contributed by atoms with Gasteiger partial charge in [-0.3, -0.25) is 14.7 Å². The second kappa shape index (κ2) is 12.4. The molecular formula is C30H32N4O3. The van der Waals surface area contributed by atoms with Gasteiger partial charge in [0.2, 0.25) is 0 Å². The van der Waals surface area contributed by atoms with E-state index in [4.69, 9.17) is 9.72 Å². The minimum atomic E-state index is -0.212. The van der Waals surface area contributed by atoms with Crippen molar-refractivity contribution in [2.75, 3.05) is 20.7 Å². The topological polar surface area (TPSA) is 79.7 Å². The number of H-pyrrole nitrogens is 1. The molecule has 7 nitrogen and oxygen atoms in total. The van der Waals surface area contributed by atoms with E-state index in [9.17, 15) is 9.59 Å². The largest absolute Gasteiger partial charge is 0.484 e. The summed E-state index contributed by atoms with van der Waals surface area (Å²) >= 11 is 0. The van der Waals surface area contributed by atoms with Gasteiger partial charge in [0, 0.05) is 19.7 Å². The first kappa shape index (κ1) is 26.9. The van der Waals surface area contributed by atoms with Gasteiger partial charge in [-0.1, -0.05) is 73.9 Å². The van der Waals surface area contributed by atoms with Crippen LogP contribution in [-0.4, -0.2) is 46.1 Å². The zero-order valence-electron chi connectivity index (χ0n) is 21.7. The minimum Gasteiger partial charge on any atom is -0.484 e. The van der Waals surface area contributed by atoms with Crippen molar-refractivity contribution in [3.8, 4) is 16.9 Å². The lowest BCUT2D eigenvalue weighted by molar-refractivity contribution is -0.130. The molecule has 0 atom stereocenters. The molecule has 0 saturated carbocycles. The molecule has 0 unspecified atom stereocenters. The highest BCUT2D eigenvalue weighted by atomic mass is 16.5. The molecule has 2 aromatic heterocycles. The molecule has 0 aliphatic heterocycles. The number of allylic oxidation sites excluding steroid dienone is 9. The van der Waals surface area contributed by atoms with Crippen molar-refractivity contribution in [2.45, 2.75) is 13.8 Å². The number of hydrogen-bond donors (Lipinski definition) is 1. The minimum absolute atomic E-state index is 0.0556.